The smallest absolute Gasteiger partial charge is 0.317 e. The summed E-state index contributed by atoms with van der Waals surface area (Å²) in [6, 6.07) is -0.0630. The van der Waals surface area contributed by atoms with Crippen molar-refractivity contribution in [2.45, 2.75) is 45.1 Å². The van der Waals surface area contributed by atoms with Gasteiger partial charge in [0.1, 0.15) is 0 Å². The molecule has 0 spiro atoms. The number of likely N-dealkylation sites (tertiary alicyclic amines) is 1. The van der Waals surface area contributed by atoms with Crippen molar-refractivity contribution in [1.82, 2.24) is 15.5 Å². The van der Waals surface area contributed by atoms with Gasteiger partial charge in [-0.1, -0.05) is 12.8 Å². The van der Waals surface area contributed by atoms with Gasteiger partial charge in [-0.25, -0.2) is 4.79 Å². The van der Waals surface area contributed by atoms with Crippen LogP contribution in [0.4, 0.5) is 4.79 Å². The van der Waals surface area contributed by atoms with Gasteiger partial charge in [0.15, 0.2) is 0 Å². The van der Waals surface area contributed by atoms with Gasteiger partial charge >= 0.3 is 6.03 Å². The maximum absolute atomic E-state index is 12.4. The lowest BCUT2D eigenvalue weighted by molar-refractivity contribution is -0.126. The maximum atomic E-state index is 12.4. The number of urea groups is 1. The van der Waals surface area contributed by atoms with Gasteiger partial charge in [-0.15, -0.1) is 0 Å². The number of rotatable bonds is 5. The highest BCUT2D eigenvalue weighted by molar-refractivity contribution is 5.81. The predicted octanol–water partition coefficient (Wildman–Crippen LogP) is 1.36. The minimum Gasteiger partial charge on any atom is -0.381 e. The van der Waals surface area contributed by atoms with E-state index in [4.69, 9.17) is 4.74 Å². The summed E-state index contributed by atoms with van der Waals surface area (Å²) in [4.78, 5) is 26.2. The van der Waals surface area contributed by atoms with Gasteiger partial charge in [0.2, 0.25) is 5.91 Å². The summed E-state index contributed by atoms with van der Waals surface area (Å²) in [6.45, 7) is 4.97. The zero-order valence-electron chi connectivity index (χ0n) is 13.8. The van der Waals surface area contributed by atoms with Gasteiger partial charge in [0.05, 0.1) is 12.5 Å². The monoisotopic (exact) mass is 311 g/mol. The van der Waals surface area contributed by atoms with Crippen LogP contribution in [0, 0.1) is 11.8 Å². The SMILES string of the molecule is CCOC[C@@H]1CCN(C(=O)N[C@H]2CCCC[C@H]2C(=O)NC)C1. The summed E-state index contributed by atoms with van der Waals surface area (Å²) < 4.78 is 5.45. The summed E-state index contributed by atoms with van der Waals surface area (Å²) in [5.74, 6) is 0.386. The number of ether oxygens (including phenoxy) is 1. The number of hydrogen-bond donors (Lipinski definition) is 2. The normalized spacial score (nSPS) is 28.5. The van der Waals surface area contributed by atoms with Crippen LogP contribution in [0.2, 0.25) is 0 Å². The number of amides is 3. The third-order valence-corrected chi connectivity index (χ3v) is 4.79. The van der Waals surface area contributed by atoms with E-state index in [1.807, 2.05) is 11.8 Å². The van der Waals surface area contributed by atoms with Gasteiger partial charge in [-0.2, -0.15) is 0 Å². The Bertz CT molecular complexity index is 389. The van der Waals surface area contributed by atoms with Crippen molar-refractivity contribution in [1.29, 1.82) is 0 Å². The van der Waals surface area contributed by atoms with Gasteiger partial charge in [-0.05, 0) is 26.2 Å². The zero-order chi connectivity index (χ0) is 15.9. The molecule has 0 radical (unpaired) electrons. The van der Waals surface area contributed by atoms with Crippen LogP contribution < -0.4 is 10.6 Å². The number of carbonyl (C=O) groups excluding carboxylic acids is 2. The third-order valence-electron chi connectivity index (χ3n) is 4.79. The van der Waals surface area contributed by atoms with E-state index in [1.54, 1.807) is 7.05 Å². The zero-order valence-corrected chi connectivity index (χ0v) is 13.8. The third kappa shape index (κ3) is 4.35. The molecule has 3 amide bonds. The van der Waals surface area contributed by atoms with Gasteiger partial charge in [-0.3, -0.25) is 4.79 Å². The molecule has 1 heterocycles. The standard InChI is InChI=1S/C16H29N3O3/c1-3-22-11-12-8-9-19(10-12)16(21)18-14-7-5-4-6-13(14)15(20)17-2/h12-14H,3-11H2,1-2H3,(H,17,20)(H,18,21)/t12-,13-,14+/m1/s1. The molecular formula is C16H29N3O3. The molecule has 6 nitrogen and oxygen atoms in total. The molecule has 1 saturated carbocycles. The highest BCUT2D eigenvalue weighted by Crippen LogP contribution is 2.25. The second-order valence-electron chi connectivity index (χ2n) is 6.32. The lowest BCUT2D eigenvalue weighted by Crippen LogP contribution is -2.51. The van der Waals surface area contributed by atoms with E-state index in [0.29, 0.717) is 5.92 Å². The van der Waals surface area contributed by atoms with Gasteiger partial charge in [0.25, 0.3) is 0 Å². The van der Waals surface area contributed by atoms with Crippen LogP contribution >= 0.6 is 0 Å². The van der Waals surface area contributed by atoms with Crippen molar-refractivity contribution >= 4 is 11.9 Å². The number of carbonyl (C=O) groups is 2. The highest BCUT2D eigenvalue weighted by Gasteiger charge is 2.34. The molecule has 1 aliphatic carbocycles. The molecular weight excluding hydrogens is 282 g/mol. The second-order valence-corrected chi connectivity index (χ2v) is 6.32. The Morgan fingerprint density at radius 3 is 2.73 bits per heavy atom. The molecule has 2 aliphatic rings. The van der Waals surface area contributed by atoms with Crippen LogP contribution in [0.5, 0.6) is 0 Å². The largest absolute Gasteiger partial charge is 0.381 e. The first-order chi connectivity index (χ1) is 10.7. The van der Waals surface area contributed by atoms with Crippen molar-refractivity contribution in [2.75, 3.05) is 33.4 Å². The van der Waals surface area contributed by atoms with Crippen molar-refractivity contribution in [3.63, 3.8) is 0 Å². The van der Waals surface area contributed by atoms with Crippen LogP contribution in [0.3, 0.4) is 0 Å². The first-order valence-electron chi connectivity index (χ1n) is 8.50. The van der Waals surface area contributed by atoms with Crippen LogP contribution in [0.15, 0.2) is 0 Å². The van der Waals surface area contributed by atoms with Crippen LogP contribution in [0.1, 0.15) is 39.0 Å². The Balaban J connectivity index is 1.84. The van der Waals surface area contributed by atoms with Crippen LogP contribution in [-0.2, 0) is 9.53 Å². The van der Waals surface area contributed by atoms with E-state index in [1.165, 1.54) is 0 Å². The Hall–Kier alpha value is -1.30. The highest BCUT2D eigenvalue weighted by atomic mass is 16.5. The van der Waals surface area contributed by atoms with E-state index in [2.05, 4.69) is 10.6 Å². The minimum absolute atomic E-state index is 0.0280. The summed E-state index contributed by atoms with van der Waals surface area (Å²) in [5.41, 5.74) is 0. The fourth-order valence-corrected chi connectivity index (χ4v) is 3.49. The predicted molar refractivity (Wildman–Crippen MR) is 84.5 cm³/mol. The molecule has 126 valence electrons. The van der Waals surface area contributed by atoms with E-state index in [-0.39, 0.29) is 23.9 Å². The summed E-state index contributed by atoms with van der Waals surface area (Å²) in [6.07, 6.45) is 4.88. The van der Waals surface area contributed by atoms with E-state index >= 15 is 0 Å². The van der Waals surface area contributed by atoms with E-state index < -0.39 is 0 Å². The van der Waals surface area contributed by atoms with E-state index in [9.17, 15) is 9.59 Å². The molecule has 2 fully saturated rings. The van der Waals surface area contributed by atoms with Crippen LogP contribution in [-0.4, -0.2) is 56.2 Å². The molecule has 0 aromatic carbocycles. The molecule has 1 aliphatic heterocycles. The number of nitrogens with one attached hydrogen (secondary N) is 2. The van der Waals surface area contributed by atoms with E-state index in [0.717, 1.165) is 58.4 Å². The first kappa shape index (κ1) is 17.1. The lowest BCUT2D eigenvalue weighted by atomic mass is 9.84. The molecule has 1 saturated heterocycles. The molecule has 0 aromatic heterocycles. The molecule has 0 bridgehead atoms. The average Bonchev–Trinajstić information content (AvgIpc) is 3.01. The van der Waals surface area contributed by atoms with Gasteiger partial charge < -0.3 is 20.3 Å². The maximum Gasteiger partial charge on any atom is 0.317 e. The van der Waals surface area contributed by atoms with Crippen molar-refractivity contribution in [2.24, 2.45) is 11.8 Å². The molecule has 2 N–H and O–H groups in total. The Labute approximate surface area is 132 Å². The summed E-state index contributed by atoms with van der Waals surface area (Å²) in [7, 11) is 1.66. The van der Waals surface area contributed by atoms with Gasteiger partial charge in [0, 0.05) is 38.7 Å². The molecule has 0 aromatic rings. The lowest BCUT2D eigenvalue weighted by Gasteiger charge is -2.32. The first-order valence-corrected chi connectivity index (χ1v) is 8.50. The average molecular weight is 311 g/mol. The Morgan fingerprint density at radius 1 is 1.23 bits per heavy atom. The summed E-state index contributed by atoms with van der Waals surface area (Å²) in [5, 5.41) is 5.81. The molecule has 22 heavy (non-hydrogen) atoms. The molecule has 2 rings (SSSR count). The fraction of sp³-hybridized carbons (Fsp3) is 0.875. The number of hydrogen-bond acceptors (Lipinski definition) is 3. The minimum atomic E-state index is -0.0930. The van der Waals surface area contributed by atoms with Crippen molar-refractivity contribution in [3.8, 4) is 0 Å². The quantitative estimate of drug-likeness (QED) is 0.805. The summed E-state index contributed by atoms with van der Waals surface area (Å²) >= 11 is 0. The Kier molecular flexibility index (Phi) is 6.49. The molecule has 0 unspecified atom stereocenters. The number of nitrogens with zero attached hydrogens (tertiary/aromatic N) is 1. The fourth-order valence-electron chi connectivity index (χ4n) is 3.49. The van der Waals surface area contributed by atoms with Crippen molar-refractivity contribution in [3.05, 3.63) is 0 Å². The topological polar surface area (TPSA) is 70.7 Å². The molecule has 6 heteroatoms. The Morgan fingerprint density at radius 2 is 2.00 bits per heavy atom. The molecule has 3 atom stereocenters. The van der Waals surface area contributed by atoms with Crippen molar-refractivity contribution < 1.29 is 14.3 Å². The van der Waals surface area contributed by atoms with Crippen LogP contribution in [0.25, 0.3) is 0 Å². The second kappa shape index (κ2) is 8.36.